The summed E-state index contributed by atoms with van der Waals surface area (Å²) in [6.45, 7) is 0.855. The van der Waals surface area contributed by atoms with Crippen molar-refractivity contribution in [2.45, 2.75) is 12.6 Å². The molecule has 0 N–H and O–H groups in total. The van der Waals surface area contributed by atoms with E-state index in [0.717, 1.165) is 11.1 Å². The van der Waals surface area contributed by atoms with Gasteiger partial charge in [0.05, 0.1) is 25.0 Å². The van der Waals surface area contributed by atoms with Crippen LogP contribution in [-0.2, 0) is 21.3 Å². The normalized spacial score (nSPS) is 21.7. The quantitative estimate of drug-likeness (QED) is 0.852. The minimum atomic E-state index is -3.40. The number of ether oxygens (including phenoxy) is 1. The summed E-state index contributed by atoms with van der Waals surface area (Å²) in [6, 6.07) is 16.5. The summed E-state index contributed by atoms with van der Waals surface area (Å²) in [5, 5.41) is 0.599. The largest absolute Gasteiger partial charge is 0.378 e. The van der Waals surface area contributed by atoms with E-state index in [4.69, 9.17) is 16.3 Å². The van der Waals surface area contributed by atoms with E-state index in [1.807, 2.05) is 42.5 Å². The Labute approximate surface area is 141 Å². The molecule has 1 atom stereocenters. The van der Waals surface area contributed by atoms with Crippen molar-refractivity contribution in [1.82, 2.24) is 4.31 Å². The molecule has 23 heavy (non-hydrogen) atoms. The van der Waals surface area contributed by atoms with Crippen molar-refractivity contribution < 1.29 is 13.2 Å². The molecule has 1 fully saturated rings. The van der Waals surface area contributed by atoms with Crippen LogP contribution in [0.3, 0.4) is 0 Å². The van der Waals surface area contributed by atoms with Gasteiger partial charge in [0.1, 0.15) is 0 Å². The van der Waals surface area contributed by atoms with Crippen molar-refractivity contribution in [2.24, 2.45) is 0 Å². The van der Waals surface area contributed by atoms with Crippen molar-refractivity contribution >= 4 is 21.6 Å². The van der Waals surface area contributed by atoms with E-state index in [0.29, 0.717) is 11.6 Å². The van der Waals surface area contributed by atoms with Crippen LogP contribution in [0.2, 0.25) is 5.02 Å². The minimum Gasteiger partial charge on any atom is -0.378 e. The lowest BCUT2D eigenvalue weighted by Crippen LogP contribution is -2.36. The van der Waals surface area contributed by atoms with E-state index in [1.165, 1.54) is 4.31 Å². The molecule has 1 saturated heterocycles. The summed E-state index contributed by atoms with van der Waals surface area (Å²) < 4.78 is 32.4. The topological polar surface area (TPSA) is 46.6 Å². The Morgan fingerprint density at radius 3 is 2.65 bits per heavy atom. The van der Waals surface area contributed by atoms with Gasteiger partial charge in [-0.1, -0.05) is 54.1 Å². The van der Waals surface area contributed by atoms with Gasteiger partial charge in [-0.05, 0) is 23.3 Å². The van der Waals surface area contributed by atoms with Crippen molar-refractivity contribution in [1.29, 1.82) is 0 Å². The summed E-state index contributed by atoms with van der Waals surface area (Å²) in [6.07, 6.45) is 0. The van der Waals surface area contributed by atoms with Crippen LogP contribution in [0, 0.1) is 0 Å². The van der Waals surface area contributed by atoms with Crippen LogP contribution in [0.15, 0.2) is 54.6 Å². The number of hydrogen-bond acceptors (Lipinski definition) is 3. The maximum atomic E-state index is 12.7. The Hall–Kier alpha value is -1.40. The molecule has 0 saturated carbocycles. The second kappa shape index (κ2) is 7.01. The molecule has 6 heteroatoms. The molecule has 0 bridgehead atoms. The van der Waals surface area contributed by atoms with Gasteiger partial charge in [0, 0.05) is 11.6 Å². The first-order chi connectivity index (χ1) is 11.1. The number of benzene rings is 2. The van der Waals surface area contributed by atoms with Crippen LogP contribution in [0.25, 0.3) is 0 Å². The average Bonchev–Trinajstić information content (AvgIpc) is 2.68. The van der Waals surface area contributed by atoms with Crippen LogP contribution in [0.4, 0.5) is 0 Å². The first-order valence-corrected chi connectivity index (χ1v) is 9.41. The van der Waals surface area contributed by atoms with Crippen molar-refractivity contribution in [3.8, 4) is 0 Å². The summed E-state index contributed by atoms with van der Waals surface area (Å²) in [5.74, 6) is -0.00308. The third-order valence-electron chi connectivity index (χ3n) is 3.88. The van der Waals surface area contributed by atoms with Crippen LogP contribution in [-0.4, -0.2) is 31.7 Å². The molecule has 0 aromatic heterocycles. The molecule has 0 aliphatic carbocycles. The molecule has 1 aliphatic heterocycles. The fourth-order valence-electron chi connectivity index (χ4n) is 2.71. The highest BCUT2D eigenvalue weighted by atomic mass is 35.5. The van der Waals surface area contributed by atoms with Gasteiger partial charge in [-0.3, -0.25) is 0 Å². The van der Waals surface area contributed by atoms with Crippen LogP contribution >= 0.6 is 11.6 Å². The minimum absolute atomic E-state index is 0.00308. The maximum Gasteiger partial charge on any atom is 0.217 e. The molecule has 0 amide bonds. The maximum absolute atomic E-state index is 12.7. The Bertz CT molecular complexity index is 764. The lowest BCUT2D eigenvalue weighted by Gasteiger charge is -2.28. The first-order valence-electron chi connectivity index (χ1n) is 7.43. The Morgan fingerprint density at radius 1 is 1.13 bits per heavy atom. The highest BCUT2D eigenvalue weighted by Gasteiger charge is 2.33. The molecule has 1 heterocycles. The molecule has 4 nitrogen and oxygen atoms in total. The molecule has 2 aromatic rings. The molecule has 0 spiro atoms. The fourth-order valence-corrected chi connectivity index (χ4v) is 4.41. The monoisotopic (exact) mass is 351 g/mol. The van der Waals surface area contributed by atoms with Gasteiger partial charge in [-0.15, -0.1) is 0 Å². The van der Waals surface area contributed by atoms with Gasteiger partial charge >= 0.3 is 0 Å². The highest BCUT2D eigenvalue weighted by molar-refractivity contribution is 7.89. The smallest absolute Gasteiger partial charge is 0.217 e. The molecule has 2 aromatic carbocycles. The van der Waals surface area contributed by atoms with Gasteiger partial charge in [-0.25, -0.2) is 8.42 Å². The zero-order valence-electron chi connectivity index (χ0n) is 12.6. The fraction of sp³-hybridized carbons (Fsp3) is 0.294. The van der Waals surface area contributed by atoms with Gasteiger partial charge < -0.3 is 4.74 Å². The molecular formula is C17H18ClNO3S. The summed E-state index contributed by atoms with van der Waals surface area (Å²) in [4.78, 5) is 0. The van der Waals surface area contributed by atoms with Gasteiger partial charge in [0.2, 0.25) is 10.0 Å². The number of sulfonamides is 1. The molecule has 0 radical (unpaired) electrons. The van der Waals surface area contributed by atoms with E-state index < -0.39 is 10.0 Å². The Balaban J connectivity index is 1.98. The number of rotatable bonds is 3. The second-order valence-electron chi connectivity index (χ2n) is 5.49. The summed E-state index contributed by atoms with van der Waals surface area (Å²) in [5.41, 5.74) is 1.80. The average molecular weight is 352 g/mol. The van der Waals surface area contributed by atoms with Gasteiger partial charge in [-0.2, -0.15) is 4.31 Å². The predicted molar refractivity (Wildman–Crippen MR) is 90.8 cm³/mol. The SMILES string of the molecule is O=S1(=O)CCOC[C@H](c2ccccc2)N1Cc1cccc(Cl)c1. The zero-order chi connectivity index (χ0) is 16.3. The van der Waals surface area contributed by atoms with E-state index >= 15 is 0 Å². The molecule has 0 unspecified atom stereocenters. The van der Waals surface area contributed by atoms with Gasteiger partial charge in [0.25, 0.3) is 0 Å². The lowest BCUT2D eigenvalue weighted by molar-refractivity contribution is 0.110. The third kappa shape index (κ3) is 3.93. The van der Waals surface area contributed by atoms with E-state index in [-0.39, 0.29) is 24.9 Å². The van der Waals surface area contributed by atoms with Crippen molar-refractivity contribution in [3.05, 3.63) is 70.7 Å². The zero-order valence-corrected chi connectivity index (χ0v) is 14.1. The van der Waals surface area contributed by atoms with Crippen LogP contribution in [0.1, 0.15) is 17.2 Å². The van der Waals surface area contributed by atoms with Gasteiger partial charge in [0.15, 0.2) is 0 Å². The molecular weight excluding hydrogens is 334 g/mol. The molecule has 122 valence electrons. The van der Waals surface area contributed by atoms with Crippen LogP contribution < -0.4 is 0 Å². The Kier molecular flexibility index (Phi) is 5.02. The molecule has 3 rings (SSSR count). The third-order valence-corrected chi connectivity index (χ3v) is 5.89. The Morgan fingerprint density at radius 2 is 1.91 bits per heavy atom. The molecule has 1 aliphatic rings. The number of hydrogen-bond donors (Lipinski definition) is 0. The van der Waals surface area contributed by atoms with Crippen molar-refractivity contribution in [3.63, 3.8) is 0 Å². The number of nitrogens with zero attached hydrogens (tertiary/aromatic N) is 1. The lowest BCUT2D eigenvalue weighted by atomic mass is 10.1. The summed E-state index contributed by atoms with van der Waals surface area (Å²) in [7, 11) is -3.40. The first kappa shape index (κ1) is 16.5. The highest BCUT2D eigenvalue weighted by Crippen LogP contribution is 2.29. The predicted octanol–water partition coefficient (Wildman–Crippen LogP) is 3.24. The number of halogens is 1. The van der Waals surface area contributed by atoms with Crippen molar-refractivity contribution in [2.75, 3.05) is 19.0 Å². The standard InChI is InChI=1S/C17H18ClNO3S/c18-16-8-4-5-14(11-16)12-19-17(15-6-2-1-3-7-15)13-22-9-10-23(19,20)21/h1-8,11,17H,9-10,12-13H2/t17-/m1/s1. The summed E-state index contributed by atoms with van der Waals surface area (Å²) >= 11 is 6.03. The second-order valence-corrected chi connectivity index (χ2v) is 7.97. The van der Waals surface area contributed by atoms with E-state index in [2.05, 4.69) is 0 Å². The van der Waals surface area contributed by atoms with Crippen LogP contribution in [0.5, 0.6) is 0 Å². The van der Waals surface area contributed by atoms with E-state index in [1.54, 1.807) is 12.1 Å². The van der Waals surface area contributed by atoms with E-state index in [9.17, 15) is 8.42 Å².